The molecule has 0 unspecified atom stereocenters. The van der Waals surface area contributed by atoms with Crippen molar-refractivity contribution < 1.29 is 13.2 Å². The highest BCUT2D eigenvalue weighted by molar-refractivity contribution is 7.87. The van der Waals surface area contributed by atoms with Crippen molar-refractivity contribution in [1.29, 1.82) is 0 Å². The Labute approximate surface area is 146 Å². The number of nitrogens with zero attached hydrogens (tertiary/aromatic N) is 2. The third kappa shape index (κ3) is 3.93. The number of methoxy groups -OCH3 is 1. The van der Waals surface area contributed by atoms with Crippen LogP contribution in [0.1, 0.15) is 5.56 Å². The molecular weight excluding hydrogens is 340 g/mol. The van der Waals surface area contributed by atoms with Crippen LogP contribution in [0.4, 0.5) is 0 Å². The number of nitrogens with one attached hydrogen (secondary N) is 2. The van der Waals surface area contributed by atoms with Crippen LogP contribution in [0.2, 0.25) is 0 Å². The molecular formula is C17H18N4O3S. The van der Waals surface area contributed by atoms with Crippen LogP contribution in [0.15, 0.2) is 48.8 Å². The number of benzene rings is 2. The Balaban J connectivity index is 1.91. The van der Waals surface area contributed by atoms with Gasteiger partial charge in [-0.05, 0) is 23.8 Å². The first-order chi connectivity index (χ1) is 12.0. The summed E-state index contributed by atoms with van der Waals surface area (Å²) in [4.78, 5) is 8.67. The Kier molecular flexibility index (Phi) is 4.93. The summed E-state index contributed by atoms with van der Waals surface area (Å²) in [7, 11) is -0.473. The molecule has 8 heteroatoms. The molecule has 0 atom stereocenters. The van der Waals surface area contributed by atoms with E-state index in [1.165, 1.54) is 13.4 Å². The molecule has 0 amide bonds. The molecule has 7 nitrogen and oxygen atoms in total. The largest absolute Gasteiger partial charge is 0.497 e. The first-order valence-corrected chi connectivity index (χ1v) is 9.07. The first kappa shape index (κ1) is 17.3. The lowest BCUT2D eigenvalue weighted by molar-refractivity contribution is 0.415. The average molecular weight is 358 g/mol. The van der Waals surface area contributed by atoms with Gasteiger partial charge in [-0.2, -0.15) is 13.1 Å². The van der Waals surface area contributed by atoms with E-state index in [0.29, 0.717) is 0 Å². The predicted octanol–water partition coefficient (Wildman–Crippen LogP) is 1.86. The number of fused-ring (bicyclic) bond motifs is 1. The SMILES string of the molecule is CNS(=O)(=O)NCc1ccc(-c2ncnc3ccc(OC)cc23)cc1. The molecule has 2 aromatic carbocycles. The lowest BCUT2D eigenvalue weighted by Crippen LogP contribution is -2.33. The van der Waals surface area contributed by atoms with Gasteiger partial charge in [-0.15, -0.1) is 0 Å². The van der Waals surface area contributed by atoms with Crippen molar-refractivity contribution in [3.63, 3.8) is 0 Å². The van der Waals surface area contributed by atoms with Gasteiger partial charge in [-0.3, -0.25) is 0 Å². The molecule has 0 spiro atoms. The summed E-state index contributed by atoms with van der Waals surface area (Å²) in [6.45, 7) is 0.210. The Morgan fingerprint density at radius 1 is 1.08 bits per heavy atom. The van der Waals surface area contributed by atoms with Crippen LogP contribution in [-0.2, 0) is 16.8 Å². The Morgan fingerprint density at radius 2 is 1.84 bits per heavy atom. The van der Waals surface area contributed by atoms with E-state index in [2.05, 4.69) is 19.4 Å². The molecule has 0 fully saturated rings. The molecule has 0 saturated heterocycles. The number of rotatable bonds is 6. The molecule has 0 aliphatic rings. The third-order valence-electron chi connectivity index (χ3n) is 3.80. The van der Waals surface area contributed by atoms with E-state index in [1.807, 2.05) is 42.5 Å². The Hall–Kier alpha value is -2.55. The highest BCUT2D eigenvalue weighted by Crippen LogP contribution is 2.28. The van der Waals surface area contributed by atoms with Gasteiger partial charge >= 0.3 is 0 Å². The van der Waals surface area contributed by atoms with Gasteiger partial charge in [0.1, 0.15) is 12.1 Å². The number of hydrogen-bond acceptors (Lipinski definition) is 5. The fourth-order valence-corrected chi connectivity index (χ4v) is 2.92. The second-order valence-corrected chi connectivity index (χ2v) is 7.03. The first-order valence-electron chi connectivity index (χ1n) is 7.58. The van der Waals surface area contributed by atoms with E-state index >= 15 is 0 Å². The summed E-state index contributed by atoms with van der Waals surface area (Å²) in [6.07, 6.45) is 1.53. The summed E-state index contributed by atoms with van der Waals surface area (Å²) < 4.78 is 32.8. The van der Waals surface area contributed by atoms with Crippen molar-refractivity contribution in [1.82, 2.24) is 19.4 Å². The standard InChI is InChI=1S/C17H18N4O3S/c1-18-25(22,23)21-10-12-3-5-13(6-4-12)17-15-9-14(24-2)7-8-16(15)19-11-20-17/h3-9,11,18,21H,10H2,1-2H3. The molecule has 3 aromatic rings. The second-order valence-electron chi connectivity index (χ2n) is 5.33. The fraction of sp³-hybridized carbons (Fsp3) is 0.176. The van der Waals surface area contributed by atoms with Gasteiger partial charge in [0.25, 0.3) is 10.2 Å². The monoisotopic (exact) mass is 358 g/mol. The minimum absolute atomic E-state index is 0.210. The number of hydrogen-bond donors (Lipinski definition) is 2. The van der Waals surface area contributed by atoms with E-state index in [9.17, 15) is 8.42 Å². The van der Waals surface area contributed by atoms with Crippen molar-refractivity contribution >= 4 is 21.1 Å². The van der Waals surface area contributed by atoms with Gasteiger partial charge in [0.15, 0.2) is 0 Å². The molecule has 2 N–H and O–H groups in total. The highest BCUT2D eigenvalue weighted by Gasteiger charge is 2.09. The normalized spacial score (nSPS) is 11.6. The second kappa shape index (κ2) is 7.14. The Bertz CT molecular complexity index is 988. The Morgan fingerprint density at radius 3 is 2.52 bits per heavy atom. The molecule has 0 radical (unpaired) electrons. The topological polar surface area (TPSA) is 93.2 Å². The maximum absolute atomic E-state index is 11.4. The summed E-state index contributed by atoms with van der Waals surface area (Å²) in [5, 5.41) is 0.894. The van der Waals surface area contributed by atoms with Crippen LogP contribution in [0.5, 0.6) is 5.75 Å². The number of aromatic nitrogens is 2. The van der Waals surface area contributed by atoms with Gasteiger partial charge in [0.05, 0.1) is 18.3 Å². The summed E-state index contributed by atoms with van der Waals surface area (Å²) in [5.41, 5.74) is 3.39. The fourth-order valence-electron chi connectivity index (χ4n) is 2.42. The van der Waals surface area contributed by atoms with Gasteiger partial charge < -0.3 is 4.74 Å². The van der Waals surface area contributed by atoms with Gasteiger partial charge in [-0.25, -0.2) is 14.7 Å². The lowest BCUT2D eigenvalue weighted by Gasteiger charge is -2.09. The van der Waals surface area contributed by atoms with Crippen LogP contribution in [-0.4, -0.2) is 32.5 Å². The summed E-state index contributed by atoms with van der Waals surface area (Å²) >= 11 is 0. The van der Waals surface area contributed by atoms with Crippen molar-refractivity contribution in [3.8, 4) is 17.0 Å². The molecule has 0 aliphatic carbocycles. The maximum atomic E-state index is 11.4. The van der Waals surface area contributed by atoms with E-state index in [4.69, 9.17) is 4.74 Å². The van der Waals surface area contributed by atoms with E-state index < -0.39 is 10.2 Å². The molecule has 3 rings (SSSR count). The van der Waals surface area contributed by atoms with Gasteiger partial charge in [-0.1, -0.05) is 24.3 Å². The number of ether oxygens (including phenoxy) is 1. The average Bonchev–Trinajstić information content (AvgIpc) is 2.66. The third-order valence-corrected chi connectivity index (χ3v) is 4.87. The quantitative estimate of drug-likeness (QED) is 0.701. The van der Waals surface area contributed by atoms with Gasteiger partial charge in [0.2, 0.25) is 0 Å². The van der Waals surface area contributed by atoms with Crippen LogP contribution >= 0.6 is 0 Å². The molecule has 0 bridgehead atoms. The minimum atomic E-state index is -3.45. The van der Waals surface area contributed by atoms with E-state index in [-0.39, 0.29) is 6.54 Å². The molecule has 130 valence electrons. The molecule has 25 heavy (non-hydrogen) atoms. The van der Waals surface area contributed by atoms with Crippen molar-refractivity contribution in [2.45, 2.75) is 6.54 Å². The molecule has 0 aliphatic heterocycles. The van der Waals surface area contributed by atoms with Crippen LogP contribution in [0, 0.1) is 0 Å². The summed E-state index contributed by atoms with van der Waals surface area (Å²) in [6, 6.07) is 13.2. The van der Waals surface area contributed by atoms with Crippen molar-refractivity contribution in [2.24, 2.45) is 0 Å². The van der Waals surface area contributed by atoms with E-state index in [0.717, 1.165) is 33.5 Å². The zero-order valence-electron chi connectivity index (χ0n) is 13.9. The molecule has 0 saturated carbocycles. The van der Waals surface area contributed by atoms with Gasteiger partial charge in [0, 0.05) is 24.5 Å². The van der Waals surface area contributed by atoms with E-state index in [1.54, 1.807) is 7.11 Å². The minimum Gasteiger partial charge on any atom is -0.497 e. The maximum Gasteiger partial charge on any atom is 0.276 e. The molecule has 1 heterocycles. The van der Waals surface area contributed by atoms with Crippen LogP contribution < -0.4 is 14.2 Å². The van der Waals surface area contributed by atoms with Crippen molar-refractivity contribution in [2.75, 3.05) is 14.2 Å². The smallest absolute Gasteiger partial charge is 0.276 e. The predicted molar refractivity (Wildman–Crippen MR) is 96.3 cm³/mol. The zero-order chi connectivity index (χ0) is 17.9. The van der Waals surface area contributed by atoms with Crippen LogP contribution in [0.25, 0.3) is 22.2 Å². The summed E-state index contributed by atoms with van der Waals surface area (Å²) in [5.74, 6) is 0.738. The molecule has 1 aromatic heterocycles. The zero-order valence-corrected chi connectivity index (χ0v) is 14.7. The van der Waals surface area contributed by atoms with Crippen LogP contribution in [0.3, 0.4) is 0 Å². The lowest BCUT2D eigenvalue weighted by atomic mass is 10.0. The highest BCUT2D eigenvalue weighted by atomic mass is 32.2. The van der Waals surface area contributed by atoms with Crippen molar-refractivity contribution in [3.05, 3.63) is 54.4 Å².